The Morgan fingerprint density at radius 1 is 1.40 bits per heavy atom. The van der Waals surface area contributed by atoms with Gasteiger partial charge in [-0.15, -0.1) is 0 Å². The molecule has 0 saturated heterocycles. The molecule has 0 aliphatic heterocycles. The molecule has 0 unspecified atom stereocenters. The molecule has 0 amide bonds. The van der Waals surface area contributed by atoms with E-state index < -0.39 is 0 Å². The van der Waals surface area contributed by atoms with Crippen LogP contribution in [0, 0.1) is 0 Å². The van der Waals surface area contributed by atoms with E-state index in [-0.39, 0.29) is 5.16 Å². The zero-order valence-corrected chi connectivity index (χ0v) is 7.49. The molecule has 0 atom stereocenters. The van der Waals surface area contributed by atoms with Gasteiger partial charge in [0.1, 0.15) is 0 Å². The Balaban J connectivity index is 2.49. The maximum absolute atomic E-state index is 10.8. The smallest absolute Gasteiger partial charge is 0.162 e. The van der Waals surface area contributed by atoms with E-state index in [4.69, 9.17) is 0 Å². The van der Waals surface area contributed by atoms with Gasteiger partial charge in [0.2, 0.25) is 0 Å². The summed E-state index contributed by atoms with van der Waals surface area (Å²) in [5.74, 6) is 0. The van der Waals surface area contributed by atoms with Crippen LogP contribution >= 0.6 is 8.46 Å². The molecule has 0 aromatic rings. The molecule has 0 spiro atoms. The molecule has 0 N–H and O–H groups in total. The van der Waals surface area contributed by atoms with Gasteiger partial charge in [-0.2, -0.15) is 0 Å². The van der Waals surface area contributed by atoms with Crippen molar-refractivity contribution >= 4 is 8.46 Å². The molecule has 1 saturated carbocycles. The average Bonchev–Trinajstić information content (AvgIpc) is 2.39. The van der Waals surface area contributed by atoms with Gasteiger partial charge in [0.15, 0.2) is 8.46 Å². The van der Waals surface area contributed by atoms with Gasteiger partial charge in [0.25, 0.3) is 0 Å². The molecule has 58 valence electrons. The van der Waals surface area contributed by atoms with Crippen LogP contribution in [0.2, 0.25) is 0 Å². The minimum Gasteiger partial charge on any atom is -0.274 e. The summed E-state index contributed by atoms with van der Waals surface area (Å²) < 4.78 is 10.8. The van der Waals surface area contributed by atoms with Crippen LogP contribution in [0.15, 0.2) is 0 Å². The highest BCUT2D eigenvalue weighted by atomic mass is 31.1. The van der Waals surface area contributed by atoms with E-state index in [0.717, 1.165) is 6.42 Å². The van der Waals surface area contributed by atoms with Crippen LogP contribution in [-0.4, -0.2) is 5.16 Å². The van der Waals surface area contributed by atoms with E-state index in [0.29, 0.717) is 8.46 Å². The molecule has 0 aromatic heterocycles. The highest BCUT2D eigenvalue weighted by Gasteiger charge is 2.33. The Bertz CT molecular complexity index is 116. The largest absolute Gasteiger partial charge is 0.274 e. The molecule has 1 aliphatic carbocycles. The van der Waals surface area contributed by atoms with Gasteiger partial charge in [-0.05, 0) is 19.3 Å². The van der Waals surface area contributed by atoms with Crippen LogP contribution in [-0.2, 0) is 4.57 Å². The van der Waals surface area contributed by atoms with Gasteiger partial charge in [-0.1, -0.05) is 26.2 Å². The Labute approximate surface area is 64.4 Å². The third-order valence-corrected chi connectivity index (χ3v) is 3.50. The van der Waals surface area contributed by atoms with Crippen molar-refractivity contribution in [2.45, 2.75) is 50.6 Å². The fourth-order valence-electron chi connectivity index (χ4n) is 1.89. The molecule has 2 heteroatoms. The van der Waals surface area contributed by atoms with E-state index in [1.54, 1.807) is 0 Å². The molecule has 1 fully saturated rings. The molecule has 1 aliphatic rings. The molecule has 10 heavy (non-hydrogen) atoms. The quantitative estimate of drug-likeness (QED) is 0.575. The monoisotopic (exact) mass is 158 g/mol. The summed E-state index contributed by atoms with van der Waals surface area (Å²) in [6.45, 7) is 2.17. The number of rotatable bonds is 3. The van der Waals surface area contributed by atoms with Crippen molar-refractivity contribution in [2.24, 2.45) is 0 Å². The zero-order chi connectivity index (χ0) is 7.45. The van der Waals surface area contributed by atoms with Crippen molar-refractivity contribution in [1.29, 1.82) is 0 Å². The van der Waals surface area contributed by atoms with Crippen molar-refractivity contribution in [3.8, 4) is 0 Å². The predicted octanol–water partition coefficient (Wildman–Crippen LogP) is 3.39. The summed E-state index contributed by atoms with van der Waals surface area (Å²) in [6, 6.07) is 0. The van der Waals surface area contributed by atoms with Crippen LogP contribution in [0.1, 0.15) is 45.4 Å². The van der Waals surface area contributed by atoms with Crippen LogP contribution < -0.4 is 0 Å². The van der Waals surface area contributed by atoms with Gasteiger partial charge in [0, 0.05) is 0 Å². The summed E-state index contributed by atoms with van der Waals surface area (Å²) in [5, 5.41) is 0.203. The van der Waals surface area contributed by atoms with E-state index >= 15 is 0 Å². The van der Waals surface area contributed by atoms with E-state index in [9.17, 15) is 4.57 Å². The maximum atomic E-state index is 10.8. The van der Waals surface area contributed by atoms with Crippen molar-refractivity contribution in [1.82, 2.24) is 0 Å². The number of hydrogen-bond donors (Lipinski definition) is 0. The Morgan fingerprint density at radius 2 is 2.00 bits per heavy atom. The predicted molar refractivity (Wildman–Crippen MR) is 43.7 cm³/mol. The lowest BCUT2D eigenvalue weighted by atomic mass is 10.0. The SMILES string of the molecule is CCCC1(P=O)CCCC1. The van der Waals surface area contributed by atoms with E-state index in [2.05, 4.69) is 6.92 Å². The molecule has 0 heterocycles. The molecule has 1 rings (SSSR count). The van der Waals surface area contributed by atoms with Crippen LogP contribution in [0.3, 0.4) is 0 Å². The molecule has 0 bridgehead atoms. The minimum absolute atomic E-state index is 0.203. The normalized spacial score (nSPS) is 23.7. The van der Waals surface area contributed by atoms with Gasteiger partial charge in [0.05, 0.1) is 5.16 Å². The lowest BCUT2D eigenvalue weighted by molar-refractivity contribution is 0.506. The Kier molecular flexibility index (Phi) is 2.85. The summed E-state index contributed by atoms with van der Waals surface area (Å²) in [5.41, 5.74) is 0. The molecule has 0 aromatic carbocycles. The van der Waals surface area contributed by atoms with Crippen LogP contribution in [0.25, 0.3) is 0 Å². The molecular weight excluding hydrogens is 143 g/mol. The lowest BCUT2D eigenvalue weighted by Gasteiger charge is -2.18. The third kappa shape index (κ3) is 1.58. The van der Waals surface area contributed by atoms with Gasteiger partial charge in [-0.25, -0.2) is 0 Å². The summed E-state index contributed by atoms with van der Waals surface area (Å²) >= 11 is 0. The first-order chi connectivity index (χ1) is 4.83. The third-order valence-electron chi connectivity index (χ3n) is 2.44. The molecule has 1 nitrogen and oxygen atoms in total. The fourth-order valence-corrected chi connectivity index (χ4v) is 2.70. The van der Waals surface area contributed by atoms with Gasteiger partial charge >= 0.3 is 0 Å². The van der Waals surface area contributed by atoms with E-state index in [1.165, 1.54) is 32.1 Å². The maximum Gasteiger partial charge on any atom is 0.162 e. The van der Waals surface area contributed by atoms with Gasteiger partial charge in [-0.3, -0.25) is 4.57 Å². The molecular formula is C8H15OP. The second-order valence-electron chi connectivity index (χ2n) is 3.27. The first kappa shape index (κ1) is 8.20. The van der Waals surface area contributed by atoms with Crippen molar-refractivity contribution < 1.29 is 4.57 Å². The van der Waals surface area contributed by atoms with Crippen molar-refractivity contribution in [3.63, 3.8) is 0 Å². The summed E-state index contributed by atoms with van der Waals surface area (Å²) in [4.78, 5) is 0. The minimum atomic E-state index is 0.203. The fraction of sp³-hybridized carbons (Fsp3) is 1.00. The lowest BCUT2D eigenvalue weighted by Crippen LogP contribution is -2.14. The van der Waals surface area contributed by atoms with Crippen molar-refractivity contribution in [2.75, 3.05) is 0 Å². The van der Waals surface area contributed by atoms with Crippen LogP contribution in [0.5, 0.6) is 0 Å². The van der Waals surface area contributed by atoms with Crippen LogP contribution in [0.4, 0.5) is 0 Å². The van der Waals surface area contributed by atoms with Gasteiger partial charge < -0.3 is 0 Å². The first-order valence-corrected chi connectivity index (χ1v) is 4.99. The summed E-state index contributed by atoms with van der Waals surface area (Å²) in [6.07, 6.45) is 7.27. The Morgan fingerprint density at radius 3 is 2.40 bits per heavy atom. The van der Waals surface area contributed by atoms with Crippen molar-refractivity contribution in [3.05, 3.63) is 0 Å². The second kappa shape index (κ2) is 3.48. The number of hydrogen-bond acceptors (Lipinski definition) is 1. The zero-order valence-electron chi connectivity index (χ0n) is 6.60. The highest BCUT2D eigenvalue weighted by Crippen LogP contribution is 2.43. The Hall–Kier alpha value is 0.100. The first-order valence-electron chi connectivity index (χ1n) is 4.17. The van der Waals surface area contributed by atoms with E-state index in [1.807, 2.05) is 0 Å². The topological polar surface area (TPSA) is 17.1 Å². The summed E-state index contributed by atoms with van der Waals surface area (Å²) in [7, 11) is 0.396. The molecule has 0 radical (unpaired) electrons. The average molecular weight is 158 g/mol. The second-order valence-corrected chi connectivity index (χ2v) is 4.40. The standard InChI is InChI=1S/C8H15OP/c1-2-5-8(10-9)6-3-4-7-8/h2-7H2,1H3. The highest BCUT2D eigenvalue weighted by molar-refractivity contribution is 7.26.